The van der Waals surface area contributed by atoms with Gasteiger partial charge in [0.1, 0.15) is 17.2 Å². The van der Waals surface area contributed by atoms with Crippen molar-refractivity contribution >= 4 is 17.9 Å². The lowest BCUT2D eigenvalue weighted by Crippen LogP contribution is -2.57. The number of carbonyl (C=O) groups is 3. The van der Waals surface area contributed by atoms with Crippen LogP contribution in [0.1, 0.15) is 44.6 Å². The van der Waals surface area contributed by atoms with E-state index in [2.05, 4.69) is 10.5 Å². The summed E-state index contributed by atoms with van der Waals surface area (Å²) in [6.07, 6.45) is -0.210. The molecule has 0 saturated carbocycles. The Balaban J connectivity index is 1.76. The quantitative estimate of drug-likeness (QED) is 0.686. The van der Waals surface area contributed by atoms with Gasteiger partial charge in [-0.3, -0.25) is 9.59 Å². The molecule has 35 heavy (non-hydrogen) atoms. The van der Waals surface area contributed by atoms with Gasteiger partial charge in [0.25, 0.3) is 5.91 Å². The van der Waals surface area contributed by atoms with Gasteiger partial charge < -0.3 is 24.4 Å². The van der Waals surface area contributed by atoms with Gasteiger partial charge in [-0.05, 0) is 46.2 Å². The highest BCUT2D eigenvalue weighted by atomic mass is 19.1. The van der Waals surface area contributed by atoms with E-state index in [1.807, 2.05) is 6.92 Å². The number of nitrogens with zero attached hydrogens (tertiary/aromatic N) is 3. The van der Waals surface area contributed by atoms with Gasteiger partial charge >= 0.3 is 6.09 Å². The van der Waals surface area contributed by atoms with Gasteiger partial charge in [-0.25, -0.2) is 13.6 Å². The number of hydrogen-bond donors (Lipinski definition) is 1. The van der Waals surface area contributed by atoms with E-state index in [0.29, 0.717) is 19.0 Å². The molecular weight excluding hydrogens is 462 g/mol. The lowest BCUT2D eigenvalue weighted by Gasteiger charge is -2.39. The van der Waals surface area contributed by atoms with Gasteiger partial charge in [-0.15, -0.1) is 0 Å². The summed E-state index contributed by atoms with van der Waals surface area (Å²) in [6, 6.07) is 3.63. The first-order chi connectivity index (χ1) is 16.4. The summed E-state index contributed by atoms with van der Waals surface area (Å²) in [6.45, 7) is 7.92. The highest BCUT2D eigenvalue weighted by Crippen LogP contribution is 2.25. The summed E-state index contributed by atoms with van der Waals surface area (Å²) < 4.78 is 37.8. The smallest absolute Gasteiger partial charge is 0.410 e. The first-order valence-electron chi connectivity index (χ1n) is 11.4. The van der Waals surface area contributed by atoms with Crippen LogP contribution < -0.4 is 5.32 Å². The Kier molecular flexibility index (Phi) is 7.76. The minimum atomic E-state index is -0.851. The molecule has 2 heterocycles. The fourth-order valence-electron chi connectivity index (χ4n) is 3.75. The van der Waals surface area contributed by atoms with E-state index in [1.165, 1.54) is 21.9 Å². The van der Waals surface area contributed by atoms with Crippen molar-refractivity contribution < 1.29 is 32.4 Å². The number of rotatable bonds is 5. The largest absolute Gasteiger partial charge is 0.444 e. The number of likely N-dealkylation sites (tertiary alicyclic amines) is 1. The minimum absolute atomic E-state index is 0.0364. The van der Waals surface area contributed by atoms with E-state index in [1.54, 1.807) is 27.8 Å². The molecule has 1 aliphatic heterocycles. The van der Waals surface area contributed by atoms with E-state index < -0.39 is 41.2 Å². The molecule has 3 amide bonds. The van der Waals surface area contributed by atoms with Crippen LogP contribution >= 0.6 is 0 Å². The summed E-state index contributed by atoms with van der Waals surface area (Å²) >= 11 is 0. The van der Waals surface area contributed by atoms with E-state index in [-0.39, 0.29) is 36.0 Å². The third-order valence-electron chi connectivity index (χ3n) is 5.69. The molecule has 9 nitrogen and oxygen atoms in total. The number of benzene rings is 1. The molecule has 0 aliphatic carbocycles. The summed E-state index contributed by atoms with van der Waals surface area (Å²) in [5, 5.41) is 6.50. The van der Waals surface area contributed by atoms with Crippen LogP contribution in [-0.4, -0.2) is 71.2 Å². The van der Waals surface area contributed by atoms with Crippen LogP contribution in [0.3, 0.4) is 0 Å². The molecule has 1 saturated heterocycles. The molecule has 0 spiro atoms. The molecule has 1 N–H and O–H groups in total. The van der Waals surface area contributed by atoms with Gasteiger partial charge in [0, 0.05) is 44.9 Å². The van der Waals surface area contributed by atoms with E-state index >= 15 is 0 Å². The number of amides is 3. The standard InChI is InChI=1S/C24H30F2N4O5/c1-6-29(5)22(32)16-13-30(23(33)34-24(2,3)4)10-9-18(16)27-21(31)19-12-20(35-28-19)15-8-7-14(25)11-17(15)26/h7-8,11-12,16,18H,6,9-10,13H2,1-5H3,(H,27,31)/t16-,18-/m1/s1. The summed E-state index contributed by atoms with van der Waals surface area (Å²) in [4.78, 5) is 41.5. The average molecular weight is 493 g/mol. The summed E-state index contributed by atoms with van der Waals surface area (Å²) in [5.74, 6) is -3.17. The summed E-state index contributed by atoms with van der Waals surface area (Å²) in [7, 11) is 1.65. The number of nitrogens with one attached hydrogen (secondary N) is 1. The number of carbonyl (C=O) groups excluding carboxylic acids is 3. The molecule has 11 heteroatoms. The van der Waals surface area contributed by atoms with E-state index in [0.717, 1.165) is 6.07 Å². The zero-order chi connectivity index (χ0) is 25.9. The fourth-order valence-corrected chi connectivity index (χ4v) is 3.75. The molecule has 190 valence electrons. The number of hydrogen-bond acceptors (Lipinski definition) is 6. The number of ether oxygens (including phenoxy) is 1. The van der Waals surface area contributed by atoms with Crippen molar-refractivity contribution in [1.82, 2.24) is 20.3 Å². The van der Waals surface area contributed by atoms with Crippen LogP contribution in [0.5, 0.6) is 0 Å². The van der Waals surface area contributed by atoms with Crippen molar-refractivity contribution in [3.63, 3.8) is 0 Å². The van der Waals surface area contributed by atoms with Crippen LogP contribution in [0, 0.1) is 17.6 Å². The molecule has 1 aromatic carbocycles. The predicted molar refractivity (Wildman–Crippen MR) is 122 cm³/mol. The molecule has 0 radical (unpaired) electrons. The molecule has 1 aromatic heterocycles. The number of halogens is 2. The third kappa shape index (κ3) is 6.34. The third-order valence-corrected chi connectivity index (χ3v) is 5.69. The maximum Gasteiger partial charge on any atom is 0.410 e. The highest BCUT2D eigenvalue weighted by molar-refractivity contribution is 5.94. The Morgan fingerprint density at radius 3 is 2.60 bits per heavy atom. The Morgan fingerprint density at radius 1 is 1.26 bits per heavy atom. The molecule has 2 atom stereocenters. The molecule has 1 fully saturated rings. The zero-order valence-corrected chi connectivity index (χ0v) is 20.4. The highest BCUT2D eigenvalue weighted by Gasteiger charge is 2.39. The maximum atomic E-state index is 14.1. The predicted octanol–water partition coefficient (Wildman–Crippen LogP) is 3.45. The summed E-state index contributed by atoms with van der Waals surface area (Å²) in [5.41, 5.74) is -0.842. The van der Waals surface area contributed by atoms with Crippen LogP contribution in [0.4, 0.5) is 13.6 Å². The number of piperidine rings is 1. The van der Waals surface area contributed by atoms with Gasteiger partial charge in [0.15, 0.2) is 11.5 Å². The Labute approximate surface area is 202 Å². The second-order valence-electron chi connectivity index (χ2n) is 9.45. The minimum Gasteiger partial charge on any atom is -0.444 e. The number of aromatic nitrogens is 1. The van der Waals surface area contributed by atoms with Crippen molar-refractivity contribution in [2.24, 2.45) is 5.92 Å². The average Bonchev–Trinajstić information content (AvgIpc) is 3.27. The Morgan fingerprint density at radius 2 is 1.97 bits per heavy atom. The van der Waals surface area contributed by atoms with Gasteiger partial charge in [-0.1, -0.05) is 5.16 Å². The molecular formula is C24H30F2N4O5. The van der Waals surface area contributed by atoms with Crippen LogP contribution in [0.25, 0.3) is 11.3 Å². The van der Waals surface area contributed by atoms with Gasteiger partial charge in [0.05, 0.1) is 11.5 Å². The molecule has 2 aromatic rings. The molecule has 0 unspecified atom stereocenters. The Hall–Kier alpha value is -3.50. The van der Waals surface area contributed by atoms with E-state index in [9.17, 15) is 23.2 Å². The van der Waals surface area contributed by atoms with Crippen molar-refractivity contribution in [3.8, 4) is 11.3 Å². The second-order valence-corrected chi connectivity index (χ2v) is 9.45. The van der Waals surface area contributed by atoms with Crippen molar-refractivity contribution in [2.45, 2.75) is 45.8 Å². The molecule has 0 bridgehead atoms. The lowest BCUT2D eigenvalue weighted by atomic mass is 9.90. The first-order valence-corrected chi connectivity index (χ1v) is 11.4. The second kappa shape index (κ2) is 10.4. The topological polar surface area (TPSA) is 105 Å². The molecule has 3 rings (SSSR count). The van der Waals surface area contributed by atoms with E-state index in [4.69, 9.17) is 9.26 Å². The Bertz CT molecular complexity index is 1100. The van der Waals surface area contributed by atoms with Gasteiger partial charge in [0.2, 0.25) is 5.91 Å². The van der Waals surface area contributed by atoms with Crippen LogP contribution in [0.2, 0.25) is 0 Å². The molecule has 1 aliphatic rings. The van der Waals surface area contributed by atoms with Crippen molar-refractivity contribution in [2.75, 3.05) is 26.7 Å². The normalized spacial score (nSPS) is 18.2. The monoisotopic (exact) mass is 492 g/mol. The fraction of sp³-hybridized carbons (Fsp3) is 0.500. The van der Waals surface area contributed by atoms with Gasteiger partial charge in [-0.2, -0.15) is 0 Å². The van der Waals surface area contributed by atoms with Crippen molar-refractivity contribution in [1.29, 1.82) is 0 Å². The van der Waals surface area contributed by atoms with Crippen molar-refractivity contribution in [3.05, 3.63) is 41.6 Å². The first kappa shape index (κ1) is 26.1. The lowest BCUT2D eigenvalue weighted by molar-refractivity contribution is -0.136. The maximum absolute atomic E-state index is 14.1. The van der Waals surface area contributed by atoms with Crippen LogP contribution in [0.15, 0.2) is 28.8 Å². The SMILES string of the molecule is CCN(C)C(=O)[C@@H]1CN(C(=O)OC(C)(C)C)CC[C@H]1NC(=O)c1cc(-c2ccc(F)cc2F)on1. The van der Waals surface area contributed by atoms with Crippen LogP contribution in [-0.2, 0) is 9.53 Å². The zero-order valence-electron chi connectivity index (χ0n) is 20.4.